The Morgan fingerprint density at radius 2 is 1.66 bits per heavy atom. The molecule has 0 bridgehead atoms. The number of piperidine rings is 2. The zero-order valence-corrected chi connectivity index (χ0v) is 18.3. The molecule has 0 radical (unpaired) electrons. The van der Waals surface area contributed by atoms with Crippen LogP contribution in [0.4, 0.5) is 0 Å². The molecule has 1 aromatic carbocycles. The molecule has 2 N–H and O–H groups in total. The minimum Gasteiger partial charge on any atom is -0.349 e. The number of carbonyl (C=O) groups excluding carboxylic acids is 2. The molecule has 2 amide bonds. The van der Waals surface area contributed by atoms with Gasteiger partial charge in [0.2, 0.25) is 5.91 Å². The standard InChI is InChI=1S/C22H34N4O2.ClH/c1-23-12-7-18-8-13-25(14-9-18)17-21(27)26-15-10-20(11-16-26)24-22(28)19-5-3-2-4-6-19;/h2-6,18,20,23H,7-17H2,1H3,(H,24,28);1H. The van der Waals surface area contributed by atoms with Crippen LogP contribution in [0.15, 0.2) is 30.3 Å². The summed E-state index contributed by atoms with van der Waals surface area (Å²) >= 11 is 0. The molecule has 2 aliphatic heterocycles. The van der Waals surface area contributed by atoms with Gasteiger partial charge in [0.1, 0.15) is 0 Å². The van der Waals surface area contributed by atoms with Crippen LogP contribution in [0.2, 0.25) is 0 Å². The number of hydrogen-bond acceptors (Lipinski definition) is 4. The predicted molar refractivity (Wildman–Crippen MR) is 118 cm³/mol. The fourth-order valence-corrected chi connectivity index (χ4v) is 4.20. The number of nitrogens with zero attached hydrogens (tertiary/aromatic N) is 2. The van der Waals surface area contributed by atoms with Gasteiger partial charge in [0.25, 0.3) is 5.91 Å². The number of rotatable bonds is 7. The monoisotopic (exact) mass is 422 g/mol. The Hall–Kier alpha value is -1.63. The van der Waals surface area contributed by atoms with Gasteiger partial charge in [-0.05, 0) is 76.8 Å². The van der Waals surface area contributed by atoms with Crippen molar-refractivity contribution in [3.8, 4) is 0 Å². The van der Waals surface area contributed by atoms with Crippen molar-refractivity contribution in [1.82, 2.24) is 20.4 Å². The molecule has 2 aliphatic rings. The second-order valence-corrected chi connectivity index (χ2v) is 8.11. The lowest BCUT2D eigenvalue weighted by molar-refractivity contribution is -0.133. The second-order valence-electron chi connectivity index (χ2n) is 8.11. The van der Waals surface area contributed by atoms with Crippen LogP contribution < -0.4 is 10.6 Å². The van der Waals surface area contributed by atoms with Gasteiger partial charge in [-0.3, -0.25) is 14.5 Å². The van der Waals surface area contributed by atoms with E-state index < -0.39 is 0 Å². The first-order valence-corrected chi connectivity index (χ1v) is 10.7. The normalized spacial score (nSPS) is 18.9. The number of benzene rings is 1. The molecule has 29 heavy (non-hydrogen) atoms. The lowest BCUT2D eigenvalue weighted by Crippen LogP contribution is -2.49. The Bertz CT molecular complexity index is 627. The maximum Gasteiger partial charge on any atom is 0.251 e. The van der Waals surface area contributed by atoms with Gasteiger partial charge in [-0.2, -0.15) is 0 Å². The maximum atomic E-state index is 12.7. The molecule has 162 valence electrons. The number of halogens is 1. The van der Waals surface area contributed by atoms with Crippen LogP contribution in [-0.4, -0.2) is 74.0 Å². The number of likely N-dealkylation sites (tertiary alicyclic amines) is 2. The molecule has 2 heterocycles. The summed E-state index contributed by atoms with van der Waals surface area (Å²) in [5.41, 5.74) is 0.694. The second kappa shape index (κ2) is 12.2. The van der Waals surface area contributed by atoms with E-state index in [1.807, 2.05) is 42.3 Å². The minimum absolute atomic E-state index is 0. The van der Waals surface area contributed by atoms with Gasteiger partial charge in [-0.1, -0.05) is 18.2 Å². The number of carbonyl (C=O) groups is 2. The van der Waals surface area contributed by atoms with Crippen LogP contribution in [0.5, 0.6) is 0 Å². The Morgan fingerprint density at radius 1 is 1.00 bits per heavy atom. The summed E-state index contributed by atoms with van der Waals surface area (Å²) < 4.78 is 0. The molecule has 0 aromatic heterocycles. The molecular weight excluding hydrogens is 388 g/mol. The SMILES string of the molecule is CNCCC1CCN(CC(=O)N2CCC(NC(=O)c3ccccc3)CC2)CC1.Cl. The van der Waals surface area contributed by atoms with Crippen LogP contribution in [0.1, 0.15) is 42.5 Å². The van der Waals surface area contributed by atoms with Crippen LogP contribution >= 0.6 is 12.4 Å². The van der Waals surface area contributed by atoms with E-state index in [0.29, 0.717) is 12.1 Å². The van der Waals surface area contributed by atoms with Crippen molar-refractivity contribution in [2.75, 3.05) is 46.3 Å². The van der Waals surface area contributed by atoms with E-state index in [1.54, 1.807) is 0 Å². The fraction of sp³-hybridized carbons (Fsp3) is 0.636. The largest absolute Gasteiger partial charge is 0.349 e. The third kappa shape index (κ3) is 7.28. The predicted octanol–water partition coefficient (Wildman–Crippen LogP) is 2.15. The zero-order chi connectivity index (χ0) is 19.8. The van der Waals surface area contributed by atoms with Gasteiger partial charge < -0.3 is 15.5 Å². The van der Waals surface area contributed by atoms with Crippen molar-refractivity contribution >= 4 is 24.2 Å². The summed E-state index contributed by atoms with van der Waals surface area (Å²) in [6.45, 7) is 5.15. The van der Waals surface area contributed by atoms with Crippen molar-refractivity contribution in [1.29, 1.82) is 0 Å². The van der Waals surface area contributed by atoms with Gasteiger partial charge >= 0.3 is 0 Å². The third-order valence-corrected chi connectivity index (χ3v) is 6.09. The summed E-state index contributed by atoms with van der Waals surface area (Å²) in [6, 6.07) is 9.47. The van der Waals surface area contributed by atoms with E-state index in [4.69, 9.17) is 0 Å². The maximum absolute atomic E-state index is 12.7. The van der Waals surface area contributed by atoms with E-state index in [0.717, 1.165) is 51.5 Å². The highest BCUT2D eigenvalue weighted by Gasteiger charge is 2.26. The highest BCUT2D eigenvalue weighted by Crippen LogP contribution is 2.20. The van der Waals surface area contributed by atoms with Crippen LogP contribution in [-0.2, 0) is 4.79 Å². The smallest absolute Gasteiger partial charge is 0.251 e. The van der Waals surface area contributed by atoms with E-state index in [-0.39, 0.29) is 30.3 Å². The van der Waals surface area contributed by atoms with Gasteiger partial charge in [-0.15, -0.1) is 12.4 Å². The first kappa shape index (κ1) is 23.6. The van der Waals surface area contributed by atoms with E-state index in [1.165, 1.54) is 19.3 Å². The number of hydrogen-bond donors (Lipinski definition) is 2. The molecule has 1 aromatic rings. The van der Waals surface area contributed by atoms with E-state index in [9.17, 15) is 9.59 Å². The molecule has 0 spiro atoms. The minimum atomic E-state index is -0.0217. The topological polar surface area (TPSA) is 64.7 Å². The lowest BCUT2D eigenvalue weighted by atomic mass is 9.93. The summed E-state index contributed by atoms with van der Waals surface area (Å²) in [4.78, 5) is 29.2. The molecule has 6 nitrogen and oxygen atoms in total. The van der Waals surface area contributed by atoms with E-state index in [2.05, 4.69) is 15.5 Å². The summed E-state index contributed by atoms with van der Waals surface area (Å²) in [7, 11) is 2.00. The molecule has 2 saturated heterocycles. The molecule has 2 fully saturated rings. The third-order valence-electron chi connectivity index (χ3n) is 6.09. The molecule has 7 heteroatoms. The van der Waals surface area contributed by atoms with Crippen molar-refractivity contribution in [3.05, 3.63) is 35.9 Å². The van der Waals surface area contributed by atoms with Crippen LogP contribution in [0, 0.1) is 5.92 Å². The van der Waals surface area contributed by atoms with E-state index >= 15 is 0 Å². The average Bonchev–Trinajstić information content (AvgIpc) is 2.74. The molecular formula is C22H35ClN4O2. The van der Waals surface area contributed by atoms with Crippen LogP contribution in [0.3, 0.4) is 0 Å². The van der Waals surface area contributed by atoms with Gasteiger partial charge in [-0.25, -0.2) is 0 Å². The van der Waals surface area contributed by atoms with Gasteiger partial charge in [0, 0.05) is 24.7 Å². The molecule has 0 unspecified atom stereocenters. The summed E-state index contributed by atoms with van der Waals surface area (Å²) in [5, 5.41) is 6.33. The first-order valence-electron chi connectivity index (χ1n) is 10.7. The summed E-state index contributed by atoms with van der Waals surface area (Å²) in [5.74, 6) is 1.01. The van der Waals surface area contributed by atoms with Crippen LogP contribution in [0.25, 0.3) is 0 Å². The van der Waals surface area contributed by atoms with Crippen molar-refractivity contribution < 1.29 is 9.59 Å². The lowest BCUT2D eigenvalue weighted by Gasteiger charge is -2.36. The van der Waals surface area contributed by atoms with Crippen molar-refractivity contribution in [3.63, 3.8) is 0 Å². The Morgan fingerprint density at radius 3 is 2.28 bits per heavy atom. The fourth-order valence-electron chi connectivity index (χ4n) is 4.20. The Kier molecular flexibility index (Phi) is 9.91. The Labute approximate surface area is 180 Å². The van der Waals surface area contributed by atoms with Crippen molar-refractivity contribution in [2.24, 2.45) is 5.92 Å². The van der Waals surface area contributed by atoms with Gasteiger partial charge in [0.15, 0.2) is 0 Å². The average molecular weight is 423 g/mol. The quantitative estimate of drug-likeness (QED) is 0.706. The molecule has 0 aliphatic carbocycles. The highest BCUT2D eigenvalue weighted by atomic mass is 35.5. The Balaban J connectivity index is 0.00000300. The number of amides is 2. The zero-order valence-electron chi connectivity index (χ0n) is 17.4. The van der Waals surface area contributed by atoms with Crippen molar-refractivity contribution in [2.45, 2.75) is 38.1 Å². The highest BCUT2D eigenvalue weighted by molar-refractivity contribution is 5.94. The first-order chi connectivity index (χ1) is 13.7. The summed E-state index contributed by atoms with van der Waals surface area (Å²) in [6.07, 6.45) is 5.29. The molecule has 3 rings (SSSR count). The molecule has 0 atom stereocenters. The van der Waals surface area contributed by atoms with Gasteiger partial charge in [0.05, 0.1) is 6.54 Å². The molecule has 0 saturated carbocycles. The number of nitrogens with one attached hydrogen (secondary N) is 2.